The van der Waals surface area contributed by atoms with Crippen LogP contribution < -0.4 is 25.0 Å². The molecular formula is C19H31IN4O3. The quantitative estimate of drug-likeness (QED) is 0.362. The van der Waals surface area contributed by atoms with Gasteiger partial charge in [-0.05, 0) is 6.42 Å². The molecule has 7 nitrogen and oxygen atoms in total. The number of halogens is 1. The predicted octanol–water partition coefficient (Wildman–Crippen LogP) is 2.10. The highest BCUT2D eigenvalue weighted by Gasteiger charge is 2.33. The number of guanidine groups is 1. The molecule has 2 saturated heterocycles. The minimum Gasteiger partial charge on any atom is -0.497 e. The van der Waals surface area contributed by atoms with Gasteiger partial charge in [-0.1, -0.05) is 6.92 Å². The van der Waals surface area contributed by atoms with Crippen molar-refractivity contribution in [3.63, 3.8) is 0 Å². The summed E-state index contributed by atoms with van der Waals surface area (Å²) in [6.45, 7) is 6.62. The number of ether oxygens (including phenoxy) is 3. The molecule has 0 radical (unpaired) electrons. The molecule has 2 fully saturated rings. The lowest BCUT2D eigenvalue weighted by molar-refractivity contribution is -0.0971. The maximum atomic E-state index is 5.38. The van der Waals surface area contributed by atoms with Crippen LogP contribution in [0.1, 0.15) is 13.3 Å². The summed E-state index contributed by atoms with van der Waals surface area (Å²) in [5.74, 6) is 2.47. The SMILES string of the molecule is CN=C(NCC1(C)COC1)NC1CCN(c2cc(OC)cc(OC)c2)C1.I. The molecule has 152 valence electrons. The largest absolute Gasteiger partial charge is 0.497 e. The van der Waals surface area contributed by atoms with Crippen molar-refractivity contribution in [3.05, 3.63) is 18.2 Å². The Kier molecular flexibility index (Phi) is 7.84. The van der Waals surface area contributed by atoms with E-state index in [9.17, 15) is 0 Å². The molecule has 2 aliphatic rings. The highest BCUT2D eigenvalue weighted by atomic mass is 127. The van der Waals surface area contributed by atoms with Gasteiger partial charge in [0, 0.05) is 62.0 Å². The first-order chi connectivity index (χ1) is 12.5. The van der Waals surface area contributed by atoms with Gasteiger partial charge in [-0.15, -0.1) is 24.0 Å². The Morgan fingerprint density at radius 2 is 1.93 bits per heavy atom. The number of methoxy groups -OCH3 is 2. The van der Waals surface area contributed by atoms with Crippen LogP contribution in [0, 0.1) is 5.41 Å². The second-order valence-corrected chi connectivity index (χ2v) is 7.38. The lowest BCUT2D eigenvalue weighted by Crippen LogP contribution is -2.52. The minimum atomic E-state index is 0. The number of benzene rings is 1. The van der Waals surface area contributed by atoms with Crippen molar-refractivity contribution in [3.8, 4) is 11.5 Å². The Bertz CT molecular complexity index is 630. The van der Waals surface area contributed by atoms with Crippen LogP contribution in [0.4, 0.5) is 5.69 Å². The Hall–Kier alpha value is -1.42. The standard InChI is InChI=1S/C19H30N4O3.HI/c1-19(12-26-13-19)11-21-18(20-2)22-14-5-6-23(10-14)15-7-16(24-3)9-17(8-15)25-4;/h7-9,14H,5-6,10-13H2,1-4H3,(H2,20,21,22);1H. The van der Waals surface area contributed by atoms with Crippen molar-refractivity contribution in [2.45, 2.75) is 19.4 Å². The fourth-order valence-electron chi connectivity index (χ4n) is 3.33. The summed E-state index contributed by atoms with van der Waals surface area (Å²) in [5.41, 5.74) is 1.34. The van der Waals surface area contributed by atoms with Gasteiger partial charge in [-0.25, -0.2) is 0 Å². The van der Waals surface area contributed by atoms with Crippen molar-refractivity contribution in [1.29, 1.82) is 0 Å². The van der Waals surface area contributed by atoms with Crippen molar-refractivity contribution in [2.24, 2.45) is 10.4 Å². The van der Waals surface area contributed by atoms with Gasteiger partial charge < -0.3 is 29.7 Å². The Morgan fingerprint density at radius 1 is 1.26 bits per heavy atom. The van der Waals surface area contributed by atoms with E-state index < -0.39 is 0 Å². The number of nitrogens with one attached hydrogen (secondary N) is 2. The molecule has 8 heteroatoms. The second kappa shape index (κ2) is 9.68. The van der Waals surface area contributed by atoms with Gasteiger partial charge in [0.05, 0.1) is 27.4 Å². The molecule has 2 N–H and O–H groups in total. The summed E-state index contributed by atoms with van der Waals surface area (Å²) in [4.78, 5) is 6.70. The lowest BCUT2D eigenvalue weighted by atomic mass is 9.89. The summed E-state index contributed by atoms with van der Waals surface area (Å²) >= 11 is 0. The Morgan fingerprint density at radius 3 is 2.44 bits per heavy atom. The van der Waals surface area contributed by atoms with Gasteiger partial charge >= 0.3 is 0 Å². The average Bonchev–Trinajstić information content (AvgIpc) is 3.11. The average molecular weight is 490 g/mol. The minimum absolute atomic E-state index is 0. The Balaban J connectivity index is 0.00000261. The molecule has 0 saturated carbocycles. The topological polar surface area (TPSA) is 67.4 Å². The molecule has 2 heterocycles. The van der Waals surface area contributed by atoms with E-state index in [1.807, 2.05) is 13.1 Å². The van der Waals surface area contributed by atoms with Crippen LogP contribution in [0.2, 0.25) is 0 Å². The zero-order valence-electron chi connectivity index (χ0n) is 16.6. The number of rotatable bonds is 6. The van der Waals surface area contributed by atoms with Crippen molar-refractivity contribution in [1.82, 2.24) is 10.6 Å². The Labute approximate surface area is 178 Å². The predicted molar refractivity (Wildman–Crippen MR) is 119 cm³/mol. The van der Waals surface area contributed by atoms with E-state index in [-0.39, 0.29) is 29.4 Å². The monoisotopic (exact) mass is 490 g/mol. The van der Waals surface area contributed by atoms with Gasteiger partial charge in [-0.3, -0.25) is 4.99 Å². The van der Waals surface area contributed by atoms with Crippen molar-refractivity contribution in [2.75, 3.05) is 59.0 Å². The maximum absolute atomic E-state index is 5.38. The summed E-state index contributed by atoms with van der Waals surface area (Å²) in [6, 6.07) is 6.35. The summed E-state index contributed by atoms with van der Waals surface area (Å²) in [7, 11) is 5.17. The third-order valence-corrected chi connectivity index (χ3v) is 5.04. The van der Waals surface area contributed by atoms with Crippen LogP contribution in [0.3, 0.4) is 0 Å². The highest BCUT2D eigenvalue weighted by Crippen LogP contribution is 2.30. The molecule has 0 amide bonds. The first kappa shape index (κ1) is 21.9. The van der Waals surface area contributed by atoms with Crippen LogP contribution >= 0.6 is 24.0 Å². The lowest BCUT2D eigenvalue weighted by Gasteiger charge is -2.38. The molecular weight excluding hydrogens is 459 g/mol. The molecule has 1 aromatic rings. The fourth-order valence-corrected chi connectivity index (χ4v) is 3.33. The molecule has 3 rings (SSSR count). The van der Waals surface area contributed by atoms with E-state index in [4.69, 9.17) is 14.2 Å². The third-order valence-electron chi connectivity index (χ3n) is 5.04. The molecule has 1 aromatic carbocycles. The number of hydrogen-bond donors (Lipinski definition) is 2. The number of anilines is 1. The normalized spacial score (nSPS) is 21.1. The maximum Gasteiger partial charge on any atom is 0.191 e. The molecule has 1 atom stereocenters. The molecule has 0 bridgehead atoms. The molecule has 27 heavy (non-hydrogen) atoms. The summed E-state index contributed by atoms with van der Waals surface area (Å²) < 4.78 is 16.1. The van der Waals surface area contributed by atoms with Crippen LogP contribution in [0.15, 0.2) is 23.2 Å². The molecule has 1 unspecified atom stereocenters. The van der Waals surface area contributed by atoms with Crippen LogP contribution in [0.25, 0.3) is 0 Å². The number of hydrogen-bond acceptors (Lipinski definition) is 5. The van der Waals surface area contributed by atoms with Gasteiger partial charge in [0.25, 0.3) is 0 Å². The first-order valence-corrected chi connectivity index (χ1v) is 9.08. The van der Waals surface area contributed by atoms with Crippen LogP contribution in [-0.2, 0) is 4.74 Å². The zero-order valence-corrected chi connectivity index (χ0v) is 18.9. The number of aliphatic imine (C=N–C) groups is 1. The van der Waals surface area contributed by atoms with Crippen LogP contribution in [0.5, 0.6) is 11.5 Å². The van der Waals surface area contributed by atoms with Gasteiger partial charge in [-0.2, -0.15) is 0 Å². The molecule has 0 aliphatic carbocycles. The summed E-state index contributed by atoms with van der Waals surface area (Å²) in [6.07, 6.45) is 1.06. The van der Waals surface area contributed by atoms with E-state index in [2.05, 4.69) is 39.6 Å². The van der Waals surface area contributed by atoms with E-state index >= 15 is 0 Å². The van der Waals surface area contributed by atoms with Gasteiger partial charge in [0.2, 0.25) is 0 Å². The highest BCUT2D eigenvalue weighted by molar-refractivity contribution is 14.0. The van der Waals surface area contributed by atoms with Crippen molar-refractivity contribution >= 4 is 35.6 Å². The van der Waals surface area contributed by atoms with Gasteiger partial charge in [0.15, 0.2) is 5.96 Å². The third kappa shape index (κ3) is 5.54. The zero-order chi connectivity index (χ0) is 18.6. The summed E-state index contributed by atoms with van der Waals surface area (Å²) in [5, 5.41) is 6.97. The first-order valence-electron chi connectivity index (χ1n) is 9.08. The second-order valence-electron chi connectivity index (χ2n) is 7.38. The van der Waals surface area contributed by atoms with E-state index in [1.54, 1.807) is 14.2 Å². The molecule has 0 spiro atoms. The van der Waals surface area contributed by atoms with E-state index in [0.717, 1.165) is 62.4 Å². The van der Waals surface area contributed by atoms with Crippen LogP contribution in [-0.4, -0.2) is 66.1 Å². The van der Waals surface area contributed by atoms with Gasteiger partial charge in [0.1, 0.15) is 11.5 Å². The smallest absolute Gasteiger partial charge is 0.191 e. The van der Waals surface area contributed by atoms with Crippen molar-refractivity contribution < 1.29 is 14.2 Å². The number of nitrogens with zero attached hydrogens (tertiary/aromatic N) is 2. The molecule has 2 aliphatic heterocycles. The van der Waals surface area contributed by atoms with E-state index in [0.29, 0.717) is 6.04 Å². The fraction of sp³-hybridized carbons (Fsp3) is 0.632. The van der Waals surface area contributed by atoms with E-state index in [1.165, 1.54) is 0 Å². The molecule has 0 aromatic heterocycles.